The molecule has 2 heterocycles. The molecule has 0 radical (unpaired) electrons. The van der Waals surface area contributed by atoms with E-state index in [0.29, 0.717) is 19.4 Å². The van der Waals surface area contributed by atoms with Crippen LogP contribution in [0.1, 0.15) is 18.4 Å². The maximum Gasteiger partial charge on any atom is 0.227 e. The van der Waals surface area contributed by atoms with Crippen LogP contribution in [0.15, 0.2) is 18.2 Å². The van der Waals surface area contributed by atoms with Gasteiger partial charge in [0.15, 0.2) is 0 Å². The Kier molecular flexibility index (Phi) is 2.98. The van der Waals surface area contributed by atoms with Gasteiger partial charge in [-0.2, -0.15) is 0 Å². The molecule has 1 fully saturated rings. The van der Waals surface area contributed by atoms with Gasteiger partial charge in [0, 0.05) is 43.3 Å². The van der Waals surface area contributed by atoms with E-state index >= 15 is 0 Å². The zero-order chi connectivity index (χ0) is 13.4. The molecule has 3 rings (SSSR count). The van der Waals surface area contributed by atoms with Crippen LogP contribution in [-0.4, -0.2) is 30.1 Å². The number of carbonyl (C=O) groups is 2. The van der Waals surface area contributed by atoms with Gasteiger partial charge in [-0.3, -0.25) is 9.59 Å². The Morgan fingerprint density at radius 3 is 2.89 bits per heavy atom. The van der Waals surface area contributed by atoms with E-state index in [-0.39, 0.29) is 24.3 Å². The number of nitrogens with zero attached hydrogens (tertiary/aromatic N) is 1. The number of aliphatic hydroxyl groups is 1. The second kappa shape index (κ2) is 4.66. The maximum absolute atomic E-state index is 11.9. The van der Waals surface area contributed by atoms with Gasteiger partial charge in [-0.1, -0.05) is 6.07 Å². The molecule has 2 amide bonds. The molecule has 100 valence electrons. The molecule has 1 aromatic carbocycles. The third-order valence-electron chi connectivity index (χ3n) is 3.76. The third kappa shape index (κ3) is 2.21. The lowest BCUT2D eigenvalue weighted by Gasteiger charge is -2.21. The van der Waals surface area contributed by atoms with Crippen LogP contribution in [0.25, 0.3) is 0 Å². The molecular formula is C14H16N2O3. The first-order valence-electron chi connectivity index (χ1n) is 6.51. The quantitative estimate of drug-likeness (QED) is 0.830. The van der Waals surface area contributed by atoms with E-state index < -0.39 is 0 Å². The number of amides is 2. The topological polar surface area (TPSA) is 69.6 Å². The zero-order valence-electron chi connectivity index (χ0n) is 10.6. The van der Waals surface area contributed by atoms with Crippen LogP contribution in [0.4, 0.5) is 11.4 Å². The summed E-state index contributed by atoms with van der Waals surface area (Å²) in [6, 6.07) is 5.72. The minimum atomic E-state index is 0.0122. The van der Waals surface area contributed by atoms with Gasteiger partial charge in [0.1, 0.15) is 0 Å². The maximum atomic E-state index is 11.9. The lowest BCUT2D eigenvalue weighted by molar-refractivity contribution is -0.117. The first-order chi connectivity index (χ1) is 9.17. The van der Waals surface area contributed by atoms with E-state index in [1.54, 1.807) is 4.90 Å². The molecule has 5 nitrogen and oxygen atoms in total. The number of anilines is 2. The van der Waals surface area contributed by atoms with Crippen LogP contribution in [0, 0.1) is 5.92 Å². The summed E-state index contributed by atoms with van der Waals surface area (Å²) in [5.74, 6) is 0.0601. The van der Waals surface area contributed by atoms with Gasteiger partial charge in [-0.05, 0) is 24.1 Å². The second-order valence-electron chi connectivity index (χ2n) is 5.15. The molecule has 0 aromatic heterocycles. The molecule has 2 aliphatic rings. The fourth-order valence-corrected chi connectivity index (χ4v) is 2.68. The summed E-state index contributed by atoms with van der Waals surface area (Å²) in [5.41, 5.74) is 2.70. The fraction of sp³-hybridized carbons (Fsp3) is 0.429. The zero-order valence-corrected chi connectivity index (χ0v) is 10.6. The third-order valence-corrected chi connectivity index (χ3v) is 3.76. The molecule has 1 atom stereocenters. The summed E-state index contributed by atoms with van der Waals surface area (Å²) in [5, 5.41) is 12.0. The number of aliphatic hydroxyl groups excluding tert-OH is 1. The largest absolute Gasteiger partial charge is 0.396 e. The number of hydrogen-bond acceptors (Lipinski definition) is 3. The molecule has 5 heteroatoms. The Labute approximate surface area is 111 Å². The first kappa shape index (κ1) is 12.2. The predicted molar refractivity (Wildman–Crippen MR) is 70.9 cm³/mol. The van der Waals surface area contributed by atoms with Crippen molar-refractivity contribution in [2.75, 3.05) is 23.4 Å². The molecule has 0 aliphatic carbocycles. The SMILES string of the molecule is O=C1CCc2ccc(N3CC(CO)CC3=O)cc2N1. The summed E-state index contributed by atoms with van der Waals surface area (Å²) in [6.45, 7) is 0.575. The van der Waals surface area contributed by atoms with Gasteiger partial charge < -0.3 is 15.3 Å². The van der Waals surface area contributed by atoms with Crippen LogP contribution < -0.4 is 10.2 Å². The van der Waals surface area contributed by atoms with Gasteiger partial charge in [-0.15, -0.1) is 0 Å². The molecule has 2 N–H and O–H groups in total. The average Bonchev–Trinajstić information content (AvgIpc) is 2.79. The molecule has 19 heavy (non-hydrogen) atoms. The lowest BCUT2D eigenvalue weighted by atomic mass is 10.0. The van der Waals surface area contributed by atoms with E-state index in [9.17, 15) is 9.59 Å². The van der Waals surface area contributed by atoms with Crippen LogP contribution >= 0.6 is 0 Å². The highest BCUT2D eigenvalue weighted by atomic mass is 16.3. The van der Waals surface area contributed by atoms with Crippen molar-refractivity contribution in [3.63, 3.8) is 0 Å². The van der Waals surface area contributed by atoms with Crippen LogP contribution in [0.3, 0.4) is 0 Å². The summed E-state index contributed by atoms with van der Waals surface area (Å²) in [4.78, 5) is 25.0. The molecular weight excluding hydrogens is 244 g/mol. The minimum absolute atomic E-state index is 0.0122. The van der Waals surface area contributed by atoms with Crippen molar-refractivity contribution in [1.82, 2.24) is 0 Å². The monoisotopic (exact) mass is 260 g/mol. The van der Waals surface area contributed by atoms with Crippen molar-refractivity contribution >= 4 is 23.2 Å². The van der Waals surface area contributed by atoms with E-state index in [1.807, 2.05) is 18.2 Å². The van der Waals surface area contributed by atoms with E-state index in [2.05, 4.69) is 5.32 Å². The number of rotatable bonds is 2. The molecule has 1 unspecified atom stereocenters. The Morgan fingerprint density at radius 1 is 1.32 bits per heavy atom. The smallest absolute Gasteiger partial charge is 0.227 e. The Bertz CT molecular complexity index is 541. The summed E-state index contributed by atoms with van der Waals surface area (Å²) < 4.78 is 0. The minimum Gasteiger partial charge on any atom is -0.396 e. The highest BCUT2D eigenvalue weighted by Gasteiger charge is 2.30. The molecule has 1 saturated heterocycles. The summed E-state index contributed by atoms with van der Waals surface area (Å²) >= 11 is 0. The van der Waals surface area contributed by atoms with Crippen LogP contribution in [0.2, 0.25) is 0 Å². The van der Waals surface area contributed by atoms with Gasteiger partial charge in [-0.25, -0.2) is 0 Å². The predicted octanol–water partition coefficient (Wildman–Crippen LogP) is 0.916. The number of aryl methyl sites for hydroxylation is 1. The molecule has 0 bridgehead atoms. The number of fused-ring (bicyclic) bond motifs is 1. The summed E-state index contributed by atoms with van der Waals surface area (Å²) in [6.07, 6.45) is 1.65. The Morgan fingerprint density at radius 2 is 2.16 bits per heavy atom. The molecule has 2 aliphatic heterocycles. The number of nitrogens with one attached hydrogen (secondary N) is 1. The average molecular weight is 260 g/mol. The molecule has 0 saturated carbocycles. The van der Waals surface area contributed by atoms with E-state index in [4.69, 9.17) is 5.11 Å². The first-order valence-corrected chi connectivity index (χ1v) is 6.51. The van der Waals surface area contributed by atoms with Gasteiger partial charge in [0.05, 0.1) is 0 Å². The molecule has 1 aromatic rings. The summed E-state index contributed by atoms with van der Waals surface area (Å²) in [7, 11) is 0. The van der Waals surface area contributed by atoms with Crippen molar-refractivity contribution in [2.24, 2.45) is 5.92 Å². The van der Waals surface area contributed by atoms with Gasteiger partial charge >= 0.3 is 0 Å². The van der Waals surface area contributed by atoms with Gasteiger partial charge in [0.2, 0.25) is 11.8 Å². The highest BCUT2D eigenvalue weighted by Crippen LogP contribution is 2.31. The van der Waals surface area contributed by atoms with Gasteiger partial charge in [0.25, 0.3) is 0 Å². The lowest BCUT2D eigenvalue weighted by Crippen LogP contribution is -2.26. The standard InChI is InChI=1S/C14H16N2O3/c17-8-9-5-14(19)16(7-9)11-3-1-10-2-4-13(18)15-12(10)6-11/h1,3,6,9,17H,2,4-5,7-8H2,(H,15,18). The normalized spacial score (nSPS) is 22.4. The number of carbonyl (C=O) groups excluding carboxylic acids is 2. The van der Waals surface area contributed by atoms with Crippen molar-refractivity contribution in [2.45, 2.75) is 19.3 Å². The Hall–Kier alpha value is -1.88. The fourth-order valence-electron chi connectivity index (χ4n) is 2.68. The van der Waals surface area contributed by atoms with Crippen LogP contribution in [-0.2, 0) is 16.0 Å². The van der Waals surface area contributed by atoms with Crippen molar-refractivity contribution in [1.29, 1.82) is 0 Å². The Balaban J connectivity index is 1.88. The molecule has 0 spiro atoms. The van der Waals surface area contributed by atoms with Crippen molar-refractivity contribution in [3.8, 4) is 0 Å². The van der Waals surface area contributed by atoms with Crippen molar-refractivity contribution < 1.29 is 14.7 Å². The van der Waals surface area contributed by atoms with Crippen molar-refractivity contribution in [3.05, 3.63) is 23.8 Å². The van der Waals surface area contributed by atoms with Crippen LogP contribution in [0.5, 0.6) is 0 Å². The highest BCUT2D eigenvalue weighted by molar-refractivity contribution is 5.98. The number of hydrogen-bond donors (Lipinski definition) is 2. The number of benzene rings is 1. The second-order valence-corrected chi connectivity index (χ2v) is 5.15. The van der Waals surface area contributed by atoms with E-state index in [1.165, 1.54) is 0 Å². The van der Waals surface area contributed by atoms with E-state index in [0.717, 1.165) is 23.4 Å².